The van der Waals surface area contributed by atoms with E-state index >= 15 is 19.2 Å². The van der Waals surface area contributed by atoms with Gasteiger partial charge in [0.25, 0.3) is 23.6 Å². The van der Waals surface area contributed by atoms with Gasteiger partial charge in [-0.15, -0.1) is 23.5 Å². The number of thioether (sulfide) groups is 2. The molecule has 9 rings (SSSR count). The topological polar surface area (TPSA) is 182 Å². The number of hydrogen-bond donors (Lipinski definition) is 4. The molecule has 0 aromatic heterocycles. The Bertz CT molecular complexity index is 3020. The standard InChI is InChI=1S/C62H79N5O8S2/c1-4-7-10-13-15-20-34-76-48-36-42-51-40(59(72)66(61(42)74)46-25-18-17-23-44(46)65-57(70)45-24-22-33-63-45)28-26-38-54-49(77-35-21-16-14-11-8-5-2)37-43-52-41(29-27-39(56(52)54)53(48)55(38)51)60(73)67(62(43)75)47(30-31-50(68)69)58(71)64-32-19-12-9-6-3/h26-29,36-37,44-47,63H,4-25,30-35H2,1-3H3,(H,64,71)(H,65,70)(H,68,69)/t44-,45+,46-,47+/m1/s1. The number of carboxylic acids is 1. The number of hydrogen-bond acceptors (Lipinski definition) is 10. The second kappa shape index (κ2) is 26.1. The molecule has 13 nitrogen and oxygen atoms in total. The first kappa shape index (κ1) is 56.5. The first-order chi connectivity index (χ1) is 37.5. The van der Waals surface area contributed by atoms with E-state index in [1.807, 2.05) is 30.3 Å². The average Bonchev–Trinajstić information content (AvgIpc) is 3.99. The fourth-order valence-corrected chi connectivity index (χ4v) is 14.9. The monoisotopic (exact) mass is 1090 g/mol. The number of benzene rings is 5. The molecule has 5 aromatic carbocycles. The summed E-state index contributed by atoms with van der Waals surface area (Å²) in [7, 11) is 0. The minimum absolute atomic E-state index is 0.0830. The van der Waals surface area contributed by atoms with E-state index in [1.54, 1.807) is 29.6 Å². The molecular weight excluding hydrogens is 1010 g/mol. The van der Waals surface area contributed by atoms with Crippen LogP contribution in [0.1, 0.15) is 216 Å². The second-order valence-electron chi connectivity index (χ2n) is 22.0. The Labute approximate surface area is 462 Å². The minimum atomic E-state index is -1.34. The summed E-state index contributed by atoms with van der Waals surface area (Å²) in [5, 5.41) is 25.4. The molecule has 0 unspecified atom stereocenters. The van der Waals surface area contributed by atoms with Gasteiger partial charge in [0.1, 0.15) is 6.04 Å². The number of unbranched alkanes of at least 4 members (excludes halogenated alkanes) is 13. The van der Waals surface area contributed by atoms with Crippen molar-refractivity contribution < 1.29 is 38.7 Å². The van der Waals surface area contributed by atoms with Crippen molar-refractivity contribution in [3.8, 4) is 0 Å². The van der Waals surface area contributed by atoms with E-state index in [0.717, 1.165) is 174 Å². The van der Waals surface area contributed by atoms with E-state index in [9.17, 15) is 19.5 Å². The predicted octanol–water partition coefficient (Wildman–Crippen LogP) is 12.9. The number of rotatable bonds is 29. The van der Waals surface area contributed by atoms with E-state index in [4.69, 9.17) is 0 Å². The molecule has 4 aliphatic rings. The van der Waals surface area contributed by atoms with Gasteiger partial charge in [0.15, 0.2) is 0 Å². The maximum Gasteiger partial charge on any atom is 0.303 e. The molecule has 0 spiro atoms. The Balaban J connectivity index is 1.21. The summed E-state index contributed by atoms with van der Waals surface area (Å²) >= 11 is 3.35. The van der Waals surface area contributed by atoms with E-state index in [1.165, 1.54) is 24.2 Å². The molecule has 1 saturated carbocycles. The highest BCUT2D eigenvalue weighted by molar-refractivity contribution is 7.99. The Kier molecular flexibility index (Phi) is 19.2. The molecule has 0 bridgehead atoms. The number of nitrogens with one attached hydrogen (secondary N) is 3. The minimum Gasteiger partial charge on any atom is -0.481 e. The van der Waals surface area contributed by atoms with Crippen molar-refractivity contribution in [3.63, 3.8) is 0 Å². The van der Waals surface area contributed by atoms with E-state index in [2.05, 4.69) is 36.7 Å². The third-order valence-corrected chi connectivity index (χ3v) is 18.9. The molecule has 2 fully saturated rings. The lowest BCUT2D eigenvalue weighted by Gasteiger charge is -2.41. The summed E-state index contributed by atoms with van der Waals surface area (Å²) < 4.78 is 0. The summed E-state index contributed by atoms with van der Waals surface area (Å²) in [6.07, 6.45) is 21.0. The van der Waals surface area contributed by atoms with Gasteiger partial charge in [-0.25, -0.2) is 0 Å². The summed E-state index contributed by atoms with van der Waals surface area (Å²) in [5.74, 6) is -2.22. The van der Waals surface area contributed by atoms with Gasteiger partial charge in [-0.05, 0) is 104 Å². The molecule has 15 heteroatoms. The Hall–Kier alpha value is -5.25. The van der Waals surface area contributed by atoms with Crippen molar-refractivity contribution in [3.05, 3.63) is 58.7 Å². The SMILES string of the molecule is CCCCCCCCSc1cc2c3c(ccc4c5c(SCCCCCCCC)cc6c7c(ccc(c1c34)c75)C(=O)N([C@@H](CCC(=O)O)C(=O)NCCCCCC)C6=O)C(=O)N([C@@H]1CCCC[C@H]1NC(=O)[C@@H]1CCCN1)C2=O. The van der Waals surface area contributed by atoms with Gasteiger partial charge >= 0.3 is 5.97 Å². The van der Waals surface area contributed by atoms with Crippen LogP contribution in [-0.4, -0.2) is 105 Å². The predicted molar refractivity (Wildman–Crippen MR) is 310 cm³/mol. The Morgan fingerprint density at radius 2 is 1.13 bits per heavy atom. The normalized spacial score (nSPS) is 18.9. The summed E-state index contributed by atoms with van der Waals surface area (Å²) in [4.78, 5) is 105. The van der Waals surface area contributed by atoms with Crippen LogP contribution in [0.4, 0.5) is 0 Å². The third kappa shape index (κ3) is 11.7. The molecule has 3 aliphatic heterocycles. The Morgan fingerprint density at radius 1 is 0.610 bits per heavy atom. The molecule has 5 aromatic rings. The first-order valence-corrected chi connectivity index (χ1v) is 31.3. The van der Waals surface area contributed by atoms with Crippen LogP contribution in [0.3, 0.4) is 0 Å². The van der Waals surface area contributed by atoms with Gasteiger partial charge in [-0.1, -0.05) is 129 Å². The molecule has 1 saturated heterocycles. The maximum atomic E-state index is 15.5. The van der Waals surface area contributed by atoms with Gasteiger partial charge in [-0.3, -0.25) is 43.4 Å². The number of aliphatic carboxylic acids is 1. The zero-order chi connectivity index (χ0) is 54.2. The number of fused-ring (bicyclic) bond motifs is 2. The van der Waals surface area contributed by atoms with Crippen molar-refractivity contribution in [2.45, 2.75) is 209 Å². The number of carbonyl (C=O) groups is 7. The average molecular weight is 1090 g/mol. The smallest absolute Gasteiger partial charge is 0.303 e. The van der Waals surface area contributed by atoms with Gasteiger partial charge in [0, 0.05) is 83.4 Å². The molecule has 4 N–H and O–H groups in total. The molecule has 0 radical (unpaired) electrons. The van der Waals surface area contributed by atoms with Crippen LogP contribution in [0.5, 0.6) is 0 Å². The molecular formula is C62H79N5O8S2. The number of nitrogens with zero attached hydrogens (tertiary/aromatic N) is 2. The maximum absolute atomic E-state index is 15.5. The highest BCUT2D eigenvalue weighted by Crippen LogP contribution is 2.52. The van der Waals surface area contributed by atoms with Crippen molar-refractivity contribution in [2.24, 2.45) is 0 Å². The molecule has 6 amide bonds. The van der Waals surface area contributed by atoms with E-state index in [-0.39, 0.29) is 47.4 Å². The lowest BCUT2D eigenvalue weighted by Crippen LogP contribution is -2.59. The lowest BCUT2D eigenvalue weighted by molar-refractivity contribution is -0.137. The van der Waals surface area contributed by atoms with Crippen LogP contribution in [-0.2, 0) is 14.4 Å². The van der Waals surface area contributed by atoms with Crippen LogP contribution in [0.25, 0.3) is 43.1 Å². The number of carboxylic acid groups (broad SMARTS) is 1. The molecule has 3 heterocycles. The quantitative estimate of drug-likeness (QED) is 0.0118. The molecule has 412 valence electrons. The van der Waals surface area contributed by atoms with Crippen LogP contribution in [0.15, 0.2) is 46.2 Å². The van der Waals surface area contributed by atoms with Gasteiger partial charge in [0.2, 0.25) is 11.8 Å². The van der Waals surface area contributed by atoms with Crippen molar-refractivity contribution >= 4 is 108 Å². The fraction of sp³-hybridized carbons (Fsp3) is 0.565. The number of imide groups is 2. The Morgan fingerprint density at radius 3 is 1.70 bits per heavy atom. The van der Waals surface area contributed by atoms with E-state index in [0.29, 0.717) is 41.3 Å². The molecule has 4 atom stereocenters. The fourth-order valence-electron chi connectivity index (χ4n) is 12.7. The van der Waals surface area contributed by atoms with Crippen LogP contribution >= 0.6 is 23.5 Å². The summed E-state index contributed by atoms with van der Waals surface area (Å²) in [6, 6.07) is 8.86. The van der Waals surface area contributed by atoms with Crippen molar-refractivity contribution in [1.29, 1.82) is 0 Å². The second-order valence-corrected chi connectivity index (χ2v) is 24.3. The van der Waals surface area contributed by atoms with Gasteiger partial charge < -0.3 is 21.1 Å². The zero-order valence-electron chi connectivity index (χ0n) is 45.6. The first-order valence-electron chi connectivity index (χ1n) is 29.3. The summed E-state index contributed by atoms with van der Waals surface area (Å²) in [5.41, 5.74) is 1.45. The van der Waals surface area contributed by atoms with Crippen LogP contribution in [0, 0.1) is 0 Å². The van der Waals surface area contributed by atoms with Gasteiger partial charge in [0.05, 0.1) is 12.1 Å². The summed E-state index contributed by atoms with van der Waals surface area (Å²) in [6.45, 7) is 7.64. The van der Waals surface area contributed by atoms with E-state index < -0.39 is 42.2 Å². The van der Waals surface area contributed by atoms with Crippen molar-refractivity contribution in [1.82, 2.24) is 25.8 Å². The zero-order valence-corrected chi connectivity index (χ0v) is 47.2. The molecule has 77 heavy (non-hydrogen) atoms. The highest BCUT2D eigenvalue weighted by atomic mass is 32.2. The van der Waals surface area contributed by atoms with Gasteiger partial charge in [-0.2, -0.15) is 0 Å². The lowest BCUT2D eigenvalue weighted by atomic mass is 9.81. The molecule has 1 aliphatic carbocycles. The van der Waals surface area contributed by atoms with Crippen molar-refractivity contribution in [2.75, 3.05) is 24.6 Å². The third-order valence-electron chi connectivity index (χ3n) is 16.7. The number of carbonyl (C=O) groups excluding carboxylic acids is 6. The highest BCUT2D eigenvalue weighted by Gasteiger charge is 2.45. The van der Waals surface area contributed by atoms with Crippen LogP contribution < -0.4 is 16.0 Å². The van der Waals surface area contributed by atoms with Crippen LogP contribution in [0.2, 0.25) is 0 Å². The largest absolute Gasteiger partial charge is 0.481 e. The number of amides is 6.